The molecule has 2 unspecified atom stereocenters. The van der Waals surface area contributed by atoms with Crippen molar-refractivity contribution >= 4 is 5.82 Å². The SMILES string of the molecule is O=c1c(NCC2CCCC(O)C2)nccn1C1CC1. The average molecular weight is 263 g/mol. The first-order valence-electron chi connectivity index (χ1n) is 7.23. The largest absolute Gasteiger partial charge is 0.393 e. The molecule has 0 radical (unpaired) electrons. The molecule has 1 aromatic heterocycles. The number of aliphatic hydroxyl groups is 1. The molecule has 5 nitrogen and oxygen atoms in total. The van der Waals surface area contributed by atoms with Crippen LogP contribution in [0.3, 0.4) is 0 Å². The maximum Gasteiger partial charge on any atom is 0.293 e. The van der Waals surface area contributed by atoms with Gasteiger partial charge < -0.3 is 15.0 Å². The maximum atomic E-state index is 12.2. The minimum atomic E-state index is -0.174. The van der Waals surface area contributed by atoms with Gasteiger partial charge in [0.05, 0.1) is 6.10 Å². The molecule has 104 valence electrons. The molecule has 0 amide bonds. The Balaban J connectivity index is 1.63. The van der Waals surface area contributed by atoms with Gasteiger partial charge in [0.15, 0.2) is 5.82 Å². The lowest BCUT2D eigenvalue weighted by Gasteiger charge is -2.26. The van der Waals surface area contributed by atoms with Crippen LogP contribution in [-0.2, 0) is 0 Å². The van der Waals surface area contributed by atoms with Gasteiger partial charge in [-0.3, -0.25) is 4.79 Å². The van der Waals surface area contributed by atoms with E-state index in [1.165, 1.54) is 0 Å². The van der Waals surface area contributed by atoms with E-state index in [4.69, 9.17) is 0 Å². The van der Waals surface area contributed by atoms with Crippen molar-refractivity contribution in [2.45, 2.75) is 50.7 Å². The normalized spacial score (nSPS) is 27.2. The Labute approximate surface area is 112 Å². The van der Waals surface area contributed by atoms with Crippen LogP contribution in [0.2, 0.25) is 0 Å². The molecule has 1 heterocycles. The monoisotopic (exact) mass is 263 g/mol. The predicted molar refractivity (Wildman–Crippen MR) is 73.2 cm³/mol. The molecule has 2 aliphatic rings. The minimum absolute atomic E-state index is 0.0126. The highest BCUT2D eigenvalue weighted by Gasteiger charge is 2.25. The van der Waals surface area contributed by atoms with Gasteiger partial charge in [-0.1, -0.05) is 6.42 Å². The molecule has 0 saturated heterocycles. The average Bonchev–Trinajstić information content (AvgIpc) is 3.22. The number of nitrogens with one attached hydrogen (secondary N) is 1. The van der Waals surface area contributed by atoms with Crippen LogP contribution in [0.1, 0.15) is 44.6 Å². The van der Waals surface area contributed by atoms with Crippen LogP contribution in [0, 0.1) is 5.92 Å². The van der Waals surface area contributed by atoms with Crippen LogP contribution < -0.4 is 10.9 Å². The number of aliphatic hydroxyl groups excluding tert-OH is 1. The molecule has 3 rings (SSSR count). The molecule has 2 fully saturated rings. The van der Waals surface area contributed by atoms with Gasteiger partial charge in [-0.25, -0.2) is 4.98 Å². The Morgan fingerprint density at radius 3 is 2.95 bits per heavy atom. The number of rotatable bonds is 4. The highest BCUT2D eigenvalue weighted by molar-refractivity contribution is 5.31. The van der Waals surface area contributed by atoms with E-state index in [1.54, 1.807) is 17.0 Å². The Hall–Kier alpha value is -1.36. The van der Waals surface area contributed by atoms with Gasteiger partial charge in [0.2, 0.25) is 0 Å². The summed E-state index contributed by atoms with van der Waals surface area (Å²) in [6, 6.07) is 0.382. The van der Waals surface area contributed by atoms with Crippen molar-refractivity contribution in [3.05, 3.63) is 22.7 Å². The van der Waals surface area contributed by atoms with Crippen molar-refractivity contribution < 1.29 is 5.11 Å². The van der Waals surface area contributed by atoms with E-state index in [0.717, 1.165) is 45.1 Å². The molecular weight excluding hydrogens is 242 g/mol. The van der Waals surface area contributed by atoms with Crippen LogP contribution >= 0.6 is 0 Å². The Kier molecular flexibility index (Phi) is 3.55. The fraction of sp³-hybridized carbons (Fsp3) is 0.714. The Morgan fingerprint density at radius 2 is 2.21 bits per heavy atom. The molecule has 2 saturated carbocycles. The Bertz CT molecular complexity index is 496. The van der Waals surface area contributed by atoms with Gasteiger partial charge in [-0.2, -0.15) is 0 Å². The third-order valence-electron chi connectivity index (χ3n) is 4.12. The van der Waals surface area contributed by atoms with Crippen LogP contribution in [0.5, 0.6) is 0 Å². The third-order valence-corrected chi connectivity index (χ3v) is 4.12. The molecule has 1 aromatic rings. The number of nitrogens with zero attached hydrogens (tertiary/aromatic N) is 2. The van der Waals surface area contributed by atoms with Crippen LogP contribution in [0.15, 0.2) is 17.2 Å². The summed E-state index contributed by atoms with van der Waals surface area (Å²) in [5.41, 5.74) is -0.0126. The second kappa shape index (κ2) is 5.33. The van der Waals surface area contributed by atoms with Crippen LogP contribution in [0.4, 0.5) is 5.82 Å². The third kappa shape index (κ3) is 2.97. The summed E-state index contributed by atoms with van der Waals surface area (Å²) in [5, 5.41) is 12.8. The van der Waals surface area contributed by atoms with Crippen molar-refractivity contribution in [3.63, 3.8) is 0 Å². The van der Waals surface area contributed by atoms with Crippen LogP contribution in [0.25, 0.3) is 0 Å². The predicted octanol–water partition coefficient (Wildman–Crippen LogP) is 1.54. The van der Waals surface area contributed by atoms with Crippen molar-refractivity contribution in [3.8, 4) is 0 Å². The zero-order valence-corrected chi connectivity index (χ0v) is 11.1. The first kappa shape index (κ1) is 12.7. The van der Waals surface area contributed by atoms with Crippen molar-refractivity contribution in [2.24, 2.45) is 5.92 Å². The highest BCUT2D eigenvalue weighted by atomic mass is 16.3. The van der Waals surface area contributed by atoms with E-state index < -0.39 is 0 Å². The lowest BCUT2D eigenvalue weighted by Crippen LogP contribution is -2.29. The fourth-order valence-corrected chi connectivity index (χ4v) is 2.88. The number of hydrogen-bond acceptors (Lipinski definition) is 4. The van der Waals surface area contributed by atoms with Gasteiger partial charge in [0.25, 0.3) is 5.56 Å². The summed E-state index contributed by atoms with van der Waals surface area (Å²) in [4.78, 5) is 16.3. The summed E-state index contributed by atoms with van der Waals surface area (Å²) in [6.07, 6.45) is 9.41. The smallest absolute Gasteiger partial charge is 0.293 e. The first-order chi connectivity index (χ1) is 9.24. The standard InChI is InChI=1S/C14H21N3O2/c18-12-3-1-2-10(8-12)9-16-13-14(19)17(7-6-15-13)11-4-5-11/h6-7,10-12,18H,1-5,8-9H2,(H,15,16). The topological polar surface area (TPSA) is 67.2 Å². The van der Waals surface area contributed by atoms with E-state index in [-0.39, 0.29) is 11.7 Å². The summed E-state index contributed by atoms with van der Waals surface area (Å²) in [6.45, 7) is 0.730. The van der Waals surface area contributed by atoms with E-state index in [0.29, 0.717) is 17.8 Å². The number of anilines is 1. The molecule has 2 atom stereocenters. The van der Waals surface area contributed by atoms with Crippen molar-refractivity contribution in [1.29, 1.82) is 0 Å². The van der Waals surface area contributed by atoms with E-state index in [9.17, 15) is 9.90 Å². The quantitative estimate of drug-likeness (QED) is 0.864. The lowest BCUT2D eigenvalue weighted by molar-refractivity contribution is 0.104. The minimum Gasteiger partial charge on any atom is -0.393 e. The van der Waals surface area contributed by atoms with Crippen molar-refractivity contribution in [2.75, 3.05) is 11.9 Å². The molecule has 19 heavy (non-hydrogen) atoms. The zero-order valence-electron chi connectivity index (χ0n) is 11.1. The van der Waals surface area contributed by atoms with Gasteiger partial charge in [-0.15, -0.1) is 0 Å². The second-order valence-corrected chi connectivity index (χ2v) is 5.79. The van der Waals surface area contributed by atoms with Crippen molar-refractivity contribution in [1.82, 2.24) is 9.55 Å². The second-order valence-electron chi connectivity index (χ2n) is 5.79. The van der Waals surface area contributed by atoms with Gasteiger partial charge in [0.1, 0.15) is 0 Å². The first-order valence-corrected chi connectivity index (χ1v) is 7.23. The highest BCUT2D eigenvalue weighted by Crippen LogP contribution is 2.33. The molecule has 0 aliphatic heterocycles. The molecule has 2 N–H and O–H groups in total. The molecular formula is C14H21N3O2. The van der Waals surface area contributed by atoms with Crippen LogP contribution in [-0.4, -0.2) is 27.3 Å². The van der Waals surface area contributed by atoms with Gasteiger partial charge >= 0.3 is 0 Å². The molecule has 2 aliphatic carbocycles. The van der Waals surface area contributed by atoms with E-state index in [2.05, 4.69) is 10.3 Å². The van der Waals surface area contributed by atoms with E-state index >= 15 is 0 Å². The molecule has 0 bridgehead atoms. The zero-order chi connectivity index (χ0) is 13.2. The maximum absolute atomic E-state index is 12.2. The summed E-state index contributed by atoms with van der Waals surface area (Å²) < 4.78 is 1.78. The fourth-order valence-electron chi connectivity index (χ4n) is 2.88. The number of aromatic nitrogens is 2. The summed E-state index contributed by atoms with van der Waals surface area (Å²) >= 11 is 0. The summed E-state index contributed by atoms with van der Waals surface area (Å²) in [7, 11) is 0. The molecule has 0 spiro atoms. The number of hydrogen-bond donors (Lipinski definition) is 2. The Morgan fingerprint density at radius 1 is 1.37 bits per heavy atom. The molecule has 0 aromatic carbocycles. The molecule has 5 heteroatoms. The lowest BCUT2D eigenvalue weighted by atomic mass is 9.87. The summed E-state index contributed by atoms with van der Waals surface area (Å²) in [5.74, 6) is 0.897. The van der Waals surface area contributed by atoms with Gasteiger partial charge in [-0.05, 0) is 38.0 Å². The van der Waals surface area contributed by atoms with E-state index in [1.807, 2.05) is 0 Å². The van der Waals surface area contributed by atoms with Gasteiger partial charge in [0, 0.05) is 25.0 Å².